The van der Waals surface area contributed by atoms with Gasteiger partial charge in [0.1, 0.15) is 0 Å². The third kappa shape index (κ3) is 2.83. The van der Waals surface area contributed by atoms with E-state index < -0.39 is 0 Å². The summed E-state index contributed by atoms with van der Waals surface area (Å²) in [4.78, 5) is 0. The summed E-state index contributed by atoms with van der Waals surface area (Å²) in [5.41, 5.74) is 1.85. The second-order valence-corrected chi connectivity index (χ2v) is 4.22. The lowest BCUT2D eigenvalue weighted by molar-refractivity contribution is 0.608. The molecule has 0 aliphatic rings. The maximum absolute atomic E-state index is 8.94. The molecule has 1 atom stereocenters. The van der Waals surface area contributed by atoms with Crippen LogP contribution in [0.3, 0.4) is 0 Å². The van der Waals surface area contributed by atoms with Gasteiger partial charge in [0, 0.05) is 10.5 Å². The van der Waals surface area contributed by atoms with Crippen molar-refractivity contribution in [2.75, 3.05) is 7.05 Å². The smallest absolute Gasteiger partial charge is 0.0994 e. The second-order valence-electron chi connectivity index (χ2n) is 3.31. The highest BCUT2D eigenvalue weighted by Crippen LogP contribution is 2.17. The molecule has 2 nitrogen and oxygen atoms in total. The molecule has 1 N–H and O–H groups in total. The fourth-order valence-corrected chi connectivity index (χ4v) is 1.62. The highest BCUT2D eigenvalue weighted by atomic mass is 79.9. The SMILES string of the molecule is CNC(C)Cc1ccc(Br)cc1C#N. The summed E-state index contributed by atoms with van der Waals surface area (Å²) in [5.74, 6) is 0. The Morgan fingerprint density at radius 2 is 2.29 bits per heavy atom. The van der Waals surface area contributed by atoms with Crippen molar-refractivity contribution >= 4 is 15.9 Å². The van der Waals surface area contributed by atoms with Gasteiger partial charge in [-0.25, -0.2) is 0 Å². The molecule has 1 aromatic rings. The number of hydrogen-bond acceptors (Lipinski definition) is 2. The van der Waals surface area contributed by atoms with Crippen LogP contribution in [0.25, 0.3) is 0 Å². The van der Waals surface area contributed by atoms with Crippen molar-refractivity contribution in [1.82, 2.24) is 5.32 Å². The molecule has 0 amide bonds. The predicted molar refractivity (Wildman–Crippen MR) is 61.1 cm³/mol. The van der Waals surface area contributed by atoms with Crippen molar-refractivity contribution < 1.29 is 0 Å². The van der Waals surface area contributed by atoms with Crippen LogP contribution in [0.5, 0.6) is 0 Å². The first kappa shape index (κ1) is 11.2. The van der Waals surface area contributed by atoms with Gasteiger partial charge in [-0.05, 0) is 38.1 Å². The molecule has 1 aromatic carbocycles. The van der Waals surface area contributed by atoms with Crippen molar-refractivity contribution in [2.45, 2.75) is 19.4 Å². The number of benzene rings is 1. The number of hydrogen-bond donors (Lipinski definition) is 1. The highest BCUT2D eigenvalue weighted by molar-refractivity contribution is 9.10. The van der Waals surface area contributed by atoms with Crippen molar-refractivity contribution in [1.29, 1.82) is 5.26 Å². The van der Waals surface area contributed by atoms with Crippen LogP contribution < -0.4 is 5.32 Å². The fraction of sp³-hybridized carbons (Fsp3) is 0.364. The van der Waals surface area contributed by atoms with Crippen LogP contribution in [0.2, 0.25) is 0 Å². The molecule has 0 bridgehead atoms. The quantitative estimate of drug-likeness (QED) is 0.898. The largest absolute Gasteiger partial charge is 0.317 e. The topological polar surface area (TPSA) is 35.8 Å². The average molecular weight is 253 g/mol. The van der Waals surface area contributed by atoms with Gasteiger partial charge in [-0.1, -0.05) is 22.0 Å². The van der Waals surface area contributed by atoms with Gasteiger partial charge in [-0.2, -0.15) is 5.26 Å². The number of nitrogens with zero attached hydrogens (tertiary/aromatic N) is 1. The van der Waals surface area contributed by atoms with Crippen molar-refractivity contribution in [3.63, 3.8) is 0 Å². The third-order valence-corrected chi connectivity index (χ3v) is 2.70. The van der Waals surface area contributed by atoms with Gasteiger partial charge in [0.25, 0.3) is 0 Å². The van der Waals surface area contributed by atoms with Crippen LogP contribution >= 0.6 is 15.9 Å². The van der Waals surface area contributed by atoms with Crippen LogP contribution in [0.1, 0.15) is 18.1 Å². The monoisotopic (exact) mass is 252 g/mol. The molecule has 1 unspecified atom stereocenters. The molecule has 0 spiro atoms. The average Bonchev–Trinajstić information content (AvgIpc) is 2.20. The molecule has 0 aliphatic carbocycles. The van der Waals surface area contributed by atoms with E-state index in [1.807, 2.05) is 25.2 Å². The summed E-state index contributed by atoms with van der Waals surface area (Å²) in [6.45, 7) is 2.10. The molecule has 0 heterocycles. The normalized spacial score (nSPS) is 12.1. The Morgan fingerprint density at radius 3 is 2.86 bits per heavy atom. The van der Waals surface area contributed by atoms with Crippen LogP contribution in [0.4, 0.5) is 0 Å². The van der Waals surface area contributed by atoms with Gasteiger partial charge in [0.15, 0.2) is 0 Å². The first-order valence-corrected chi connectivity index (χ1v) is 5.32. The van der Waals surface area contributed by atoms with Crippen molar-refractivity contribution in [3.8, 4) is 6.07 Å². The van der Waals surface area contributed by atoms with Gasteiger partial charge in [-0.15, -0.1) is 0 Å². The van der Waals surface area contributed by atoms with Gasteiger partial charge < -0.3 is 5.32 Å². The fourth-order valence-electron chi connectivity index (χ4n) is 1.26. The Kier molecular flexibility index (Phi) is 4.12. The summed E-state index contributed by atoms with van der Waals surface area (Å²) >= 11 is 3.35. The van der Waals surface area contributed by atoms with E-state index in [0.717, 1.165) is 22.0 Å². The molecule has 1 rings (SSSR count). The van der Waals surface area contributed by atoms with Crippen LogP contribution in [0.15, 0.2) is 22.7 Å². The zero-order valence-corrected chi connectivity index (χ0v) is 9.93. The van der Waals surface area contributed by atoms with Gasteiger partial charge >= 0.3 is 0 Å². The van der Waals surface area contributed by atoms with Gasteiger partial charge in [-0.3, -0.25) is 0 Å². The first-order valence-electron chi connectivity index (χ1n) is 4.53. The molecule has 74 valence electrons. The number of nitriles is 1. The highest BCUT2D eigenvalue weighted by Gasteiger charge is 2.06. The van der Waals surface area contributed by atoms with Crippen LogP contribution in [0, 0.1) is 11.3 Å². The molecule has 0 saturated carbocycles. The van der Waals surface area contributed by atoms with E-state index in [-0.39, 0.29) is 0 Å². The molecule has 0 aromatic heterocycles. The third-order valence-electron chi connectivity index (χ3n) is 2.21. The standard InChI is InChI=1S/C11H13BrN2/c1-8(14-2)5-9-3-4-11(12)6-10(9)7-13/h3-4,6,8,14H,5H2,1-2H3. The minimum absolute atomic E-state index is 0.392. The van der Waals surface area contributed by atoms with E-state index in [1.54, 1.807) is 0 Å². The molecule has 0 radical (unpaired) electrons. The lowest BCUT2D eigenvalue weighted by atomic mass is 10.0. The minimum Gasteiger partial charge on any atom is -0.317 e. The zero-order chi connectivity index (χ0) is 10.6. The molecule has 0 saturated heterocycles. The molecular formula is C11H13BrN2. The number of rotatable bonds is 3. The molecule has 3 heteroatoms. The van der Waals surface area contributed by atoms with Gasteiger partial charge in [0.2, 0.25) is 0 Å². The predicted octanol–water partition coefficient (Wildman–Crippen LogP) is 2.47. The van der Waals surface area contributed by atoms with Crippen LogP contribution in [-0.4, -0.2) is 13.1 Å². The summed E-state index contributed by atoms with van der Waals surface area (Å²) < 4.78 is 0.954. The first-order chi connectivity index (χ1) is 6.67. The Hall–Kier alpha value is -0.850. The van der Waals surface area contributed by atoms with E-state index in [2.05, 4.69) is 34.2 Å². The summed E-state index contributed by atoms with van der Waals surface area (Å²) in [6, 6.07) is 8.43. The lowest BCUT2D eigenvalue weighted by Crippen LogP contribution is -2.23. The zero-order valence-electron chi connectivity index (χ0n) is 8.34. The lowest BCUT2D eigenvalue weighted by Gasteiger charge is -2.11. The summed E-state index contributed by atoms with van der Waals surface area (Å²) in [6.07, 6.45) is 0.882. The molecule has 14 heavy (non-hydrogen) atoms. The van der Waals surface area contributed by atoms with Crippen molar-refractivity contribution in [2.24, 2.45) is 0 Å². The van der Waals surface area contributed by atoms with E-state index >= 15 is 0 Å². The summed E-state index contributed by atoms with van der Waals surface area (Å²) in [7, 11) is 1.93. The summed E-state index contributed by atoms with van der Waals surface area (Å²) in [5, 5.41) is 12.1. The van der Waals surface area contributed by atoms with E-state index in [0.29, 0.717) is 6.04 Å². The molecule has 0 fully saturated rings. The number of likely N-dealkylation sites (N-methyl/N-ethyl adjacent to an activating group) is 1. The maximum Gasteiger partial charge on any atom is 0.0994 e. The Balaban J connectivity index is 2.92. The Bertz CT molecular complexity index is 355. The number of halogens is 1. The number of nitrogens with one attached hydrogen (secondary N) is 1. The second kappa shape index (κ2) is 5.14. The van der Waals surface area contributed by atoms with Gasteiger partial charge in [0.05, 0.1) is 11.6 Å². The van der Waals surface area contributed by atoms with Crippen molar-refractivity contribution in [3.05, 3.63) is 33.8 Å². The minimum atomic E-state index is 0.392. The van der Waals surface area contributed by atoms with E-state index in [9.17, 15) is 0 Å². The maximum atomic E-state index is 8.94. The van der Waals surface area contributed by atoms with E-state index in [1.165, 1.54) is 0 Å². The van der Waals surface area contributed by atoms with E-state index in [4.69, 9.17) is 5.26 Å². The molecular weight excluding hydrogens is 240 g/mol. The Labute approximate surface area is 93.1 Å². The van der Waals surface area contributed by atoms with Crippen LogP contribution in [-0.2, 0) is 6.42 Å². The Morgan fingerprint density at radius 1 is 1.57 bits per heavy atom. The molecule has 0 aliphatic heterocycles.